The van der Waals surface area contributed by atoms with Gasteiger partial charge in [-0.25, -0.2) is 14.2 Å². The van der Waals surface area contributed by atoms with Gasteiger partial charge < -0.3 is 25.1 Å². The minimum absolute atomic E-state index is 0.0137. The third kappa shape index (κ3) is 8.51. The molecule has 0 radical (unpaired) electrons. The second-order valence-electron chi connectivity index (χ2n) is 10.6. The van der Waals surface area contributed by atoms with Gasteiger partial charge in [0.05, 0.1) is 6.54 Å². The summed E-state index contributed by atoms with van der Waals surface area (Å²) >= 11 is 5.81. The average Bonchev–Trinajstić information content (AvgIpc) is 3.44. The number of hydrogen-bond acceptors (Lipinski definition) is 7. The van der Waals surface area contributed by atoms with Crippen LogP contribution < -0.4 is 10.6 Å². The lowest BCUT2D eigenvalue weighted by Crippen LogP contribution is -2.54. The maximum absolute atomic E-state index is 14.2. The maximum Gasteiger partial charge on any atom is 0.326 e. The van der Waals surface area contributed by atoms with Crippen LogP contribution in [0.3, 0.4) is 0 Å². The van der Waals surface area contributed by atoms with E-state index in [0.29, 0.717) is 11.1 Å². The van der Waals surface area contributed by atoms with Crippen molar-refractivity contribution in [3.63, 3.8) is 0 Å². The van der Waals surface area contributed by atoms with Gasteiger partial charge >= 0.3 is 5.97 Å². The normalized spacial score (nSPS) is 12.4. The van der Waals surface area contributed by atoms with E-state index in [2.05, 4.69) is 15.6 Å². The van der Waals surface area contributed by atoms with Crippen molar-refractivity contribution in [1.29, 1.82) is 0 Å². The standard InChI is InChI=1S/C32H30ClFN4O7/c1-18(2)27(36-29(41)20-11-7-4-8-12-20)31(42)38(16-19-9-5-3-6-10-19)17-26(40)35-23(32(43)44)15-24(39)30-37-28-22(34)13-21(33)14-25(28)45-30/h3-14,18,23,27H,15-17H2,1-2H3,(H,35,40)(H,36,41)(H,43,44)/t23-,27-/m0/s1. The molecule has 0 aliphatic heterocycles. The molecule has 11 nitrogen and oxygen atoms in total. The number of carboxylic acids is 1. The highest BCUT2D eigenvalue weighted by Crippen LogP contribution is 2.24. The first-order valence-electron chi connectivity index (χ1n) is 13.9. The number of benzene rings is 3. The minimum Gasteiger partial charge on any atom is -0.480 e. The van der Waals surface area contributed by atoms with Crippen molar-refractivity contribution >= 4 is 52.2 Å². The van der Waals surface area contributed by atoms with Crippen LogP contribution in [0.5, 0.6) is 0 Å². The molecule has 13 heteroatoms. The Morgan fingerprint density at radius 3 is 2.24 bits per heavy atom. The fraction of sp³-hybridized carbons (Fsp3) is 0.250. The summed E-state index contributed by atoms with van der Waals surface area (Å²) in [5.41, 5.74) is 0.673. The van der Waals surface area contributed by atoms with Crippen LogP contribution in [0.2, 0.25) is 5.02 Å². The molecule has 0 unspecified atom stereocenters. The smallest absolute Gasteiger partial charge is 0.326 e. The van der Waals surface area contributed by atoms with E-state index in [1.807, 2.05) is 0 Å². The van der Waals surface area contributed by atoms with Crippen molar-refractivity contribution in [2.24, 2.45) is 5.92 Å². The van der Waals surface area contributed by atoms with Crippen molar-refractivity contribution in [2.75, 3.05) is 6.54 Å². The quantitative estimate of drug-likeness (QED) is 0.184. The zero-order valence-electron chi connectivity index (χ0n) is 24.3. The van der Waals surface area contributed by atoms with Gasteiger partial charge in [-0.3, -0.25) is 19.2 Å². The summed E-state index contributed by atoms with van der Waals surface area (Å²) in [6.07, 6.45) is -0.766. The lowest BCUT2D eigenvalue weighted by atomic mass is 10.0. The number of carbonyl (C=O) groups excluding carboxylic acids is 4. The van der Waals surface area contributed by atoms with Crippen LogP contribution in [0, 0.1) is 11.7 Å². The monoisotopic (exact) mass is 636 g/mol. The molecular formula is C32H30ClFN4O7. The molecule has 1 aromatic heterocycles. The lowest BCUT2D eigenvalue weighted by molar-refractivity contribution is -0.143. The third-order valence-corrected chi connectivity index (χ3v) is 7.01. The Morgan fingerprint density at radius 1 is 0.978 bits per heavy atom. The Hall–Kier alpha value is -5.10. The number of amides is 3. The molecule has 1 heterocycles. The fourth-order valence-corrected chi connectivity index (χ4v) is 4.70. The van der Waals surface area contributed by atoms with Crippen LogP contribution in [-0.2, 0) is 20.9 Å². The summed E-state index contributed by atoms with van der Waals surface area (Å²) in [5, 5.41) is 14.8. The highest BCUT2D eigenvalue weighted by molar-refractivity contribution is 6.31. The number of ketones is 1. The Bertz CT molecular complexity index is 1710. The average molecular weight is 637 g/mol. The number of fused-ring (bicyclic) bond motifs is 1. The van der Waals surface area contributed by atoms with Gasteiger partial charge in [0.15, 0.2) is 11.4 Å². The van der Waals surface area contributed by atoms with E-state index in [1.54, 1.807) is 74.5 Å². The Balaban J connectivity index is 1.51. The summed E-state index contributed by atoms with van der Waals surface area (Å²) in [7, 11) is 0. The number of aromatic nitrogens is 1. The van der Waals surface area contributed by atoms with Crippen LogP contribution >= 0.6 is 11.6 Å². The zero-order valence-corrected chi connectivity index (χ0v) is 25.1. The number of nitrogens with one attached hydrogen (secondary N) is 2. The molecule has 0 aliphatic carbocycles. The van der Waals surface area contributed by atoms with E-state index in [9.17, 15) is 33.5 Å². The number of Topliss-reactive ketones (excluding diaryl/α,β-unsaturated/α-hetero) is 1. The predicted molar refractivity (Wildman–Crippen MR) is 162 cm³/mol. The summed E-state index contributed by atoms with van der Waals surface area (Å²) in [5.74, 6) is -6.10. The molecule has 0 spiro atoms. The summed E-state index contributed by atoms with van der Waals surface area (Å²) in [6, 6.07) is 16.6. The highest BCUT2D eigenvalue weighted by Gasteiger charge is 2.32. The molecule has 234 valence electrons. The Morgan fingerprint density at radius 2 is 1.62 bits per heavy atom. The molecule has 2 atom stereocenters. The largest absolute Gasteiger partial charge is 0.480 e. The van der Waals surface area contributed by atoms with Crippen molar-refractivity contribution < 1.29 is 37.9 Å². The topological polar surface area (TPSA) is 159 Å². The highest BCUT2D eigenvalue weighted by atomic mass is 35.5. The number of aliphatic carboxylic acids is 1. The number of carbonyl (C=O) groups is 5. The molecular weight excluding hydrogens is 607 g/mol. The van der Waals surface area contributed by atoms with Gasteiger partial charge in [-0.2, -0.15) is 0 Å². The molecule has 4 rings (SSSR count). The number of halogens is 2. The molecule has 0 bridgehead atoms. The van der Waals surface area contributed by atoms with E-state index >= 15 is 0 Å². The number of oxazole rings is 1. The molecule has 0 fully saturated rings. The van der Waals surface area contributed by atoms with Gasteiger partial charge in [0.1, 0.15) is 17.6 Å². The van der Waals surface area contributed by atoms with Crippen molar-refractivity contribution in [2.45, 2.75) is 38.9 Å². The SMILES string of the molecule is CC(C)[C@H](NC(=O)c1ccccc1)C(=O)N(CC(=O)N[C@@H](CC(=O)c1nc2c(F)cc(Cl)cc2o1)C(=O)O)Cc1ccccc1. The Kier molecular flexibility index (Phi) is 10.6. The van der Waals surface area contributed by atoms with Crippen LogP contribution in [-0.4, -0.2) is 63.1 Å². The first kappa shape index (κ1) is 32.8. The van der Waals surface area contributed by atoms with Gasteiger partial charge in [0.2, 0.25) is 17.6 Å². The van der Waals surface area contributed by atoms with Gasteiger partial charge in [0.25, 0.3) is 11.8 Å². The molecule has 0 saturated heterocycles. The molecule has 4 aromatic rings. The molecule has 45 heavy (non-hydrogen) atoms. The second-order valence-corrected chi connectivity index (χ2v) is 11.0. The number of hydrogen-bond donors (Lipinski definition) is 3. The van der Waals surface area contributed by atoms with Crippen molar-refractivity contribution in [3.8, 4) is 0 Å². The zero-order chi connectivity index (χ0) is 32.7. The molecule has 3 amide bonds. The number of carboxylic acid groups (broad SMARTS) is 1. The third-order valence-electron chi connectivity index (χ3n) is 6.79. The molecule has 0 saturated carbocycles. The van der Waals surface area contributed by atoms with E-state index in [1.165, 1.54) is 11.0 Å². The van der Waals surface area contributed by atoms with Gasteiger partial charge in [-0.15, -0.1) is 0 Å². The van der Waals surface area contributed by atoms with Gasteiger partial charge in [-0.05, 0) is 29.7 Å². The maximum atomic E-state index is 14.2. The van der Waals surface area contributed by atoms with Crippen LogP contribution in [0.25, 0.3) is 11.1 Å². The molecule has 3 aromatic carbocycles. The lowest BCUT2D eigenvalue weighted by Gasteiger charge is -2.30. The first-order chi connectivity index (χ1) is 21.4. The van der Waals surface area contributed by atoms with Crippen LogP contribution in [0.1, 0.15) is 46.9 Å². The number of rotatable bonds is 13. The van der Waals surface area contributed by atoms with E-state index in [0.717, 1.165) is 6.07 Å². The summed E-state index contributed by atoms with van der Waals surface area (Å²) < 4.78 is 19.4. The van der Waals surface area contributed by atoms with Crippen LogP contribution in [0.15, 0.2) is 77.2 Å². The van der Waals surface area contributed by atoms with Crippen molar-refractivity contribution in [3.05, 3.63) is 101 Å². The minimum atomic E-state index is -1.72. The number of nitrogens with zero attached hydrogens (tertiary/aromatic N) is 2. The first-order valence-corrected chi connectivity index (χ1v) is 14.3. The van der Waals surface area contributed by atoms with Crippen molar-refractivity contribution in [1.82, 2.24) is 20.5 Å². The molecule has 0 aliphatic rings. The van der Waals surface area contributed by atoms with E-state index in [4.69, 9.17) is 16.0 Å². The molecule has 3 N–H and O–H groups in total. The van der Waals surface area contributed by atoms with Gasteiger partial charge in [0, 0.05) is 29.6 Å². The summed E-state index contributed by atoms with van der Waals surface area (Å²) in [4.78, 5) is 69.7. The van der Waals surface area contributed by atoms with E-state index < -0.39 is 66.2 Å². The van der Waals surface area contributed by atoms with Gasteiger partial charge in [-0.1, -0.05) is 74.0 Å². The second kappa shape index (κ2) is 14.6. The Labute approximate surface area is 262 Å². The van der Waals surface area contributed by atoms with E-state index in [-0.39, 0.29) is 28.6 Å². The summed E-state index contributed by atoms with van der Waals surface area (Å²) in [6.45, 7) is 2.88. The predicted octanol–water partition coefficient (Wildman–Crippen LogP) is 4.25. The fourth-order valence-electron chi connectivity index (χ4n) is 4.50. The van der Waals surface area contributed by atoms with Crippen LogP contribution in [0.4, 0.5) is 4.39 Å².